The standard InChI is InChI=1S/C14H16N4O4/c1-16(9-11-6-7-15-17(11)2)14(19)10-4-5-13(22-3)12(8-10)18(20)21/h4-8H,9H2,1-3H3. The first-order valence-electron chi connectivity index (χ1n) is 6.48. The summed E-state index contributed by atoms with van der Waals surface area (Å²) in [6, 6.07) is 5.96. The summed E-state index contributed by atoms with van der Waals surface area (Å²) in [6.07, 6.45) is 1.64. The van der Waals surface area contributed by atoms with E-state index in [9.17, 15) is 14.9 Å². The molecular formula is C14H16N4O4. The number of nitrogens with zero attached hydrogens (tertiary/aromatic N) is 4. The van der Waals surface area contributed by atoms with Crippen LogP contribution >= 0.6 is 0 Å². The minimum Gasteiger partial charge on any atom is -0.490 e. The smallest absolute Gasteiger partial charge is 0.311 e. The number of rotatable bonds is 5. The lowest BCUT2D eigenvalue weighted by molar-refractivity contribution is -0.385. The minimum absolute atomic E-state index is 0.121. The molecule has 0 atom stereocenters. The number of hydrogen-bond donors (Lipinski definition) is 0. The second kappa shape index (κ2) is 6.25. The number of nitro groups is 1. The fourth-order valence-electron chi connectivity index (χ4n) is 2.06. The van der Waals surface area contributed by atoms with Gasteiger partial charge in [-0.2, -0.15) is 5.10 Å². The molecule has 22 heavy (non-hydrogen) atoms. The number of benzene rings is 1. The number of nitro benzene ring substituents is 1. The molecule has 8 nitrogen and oxygen atoms in total. The average molecular weight is 304 g/mol. The van der Waals surface area contributed by atoms with Gasteiger partial charge >= 0.3 is 5.69 Å². The van der Waals surface area contributed by atoms with Gasteiger partial charge in [-0.05, 0) is 18.2 Å². The molecule has 1 amide bonds. The zero-order valence-corrected chi connectivity index (χ0v) is 12.5. The molecule has 2 aromatic rings. The van der Waals surface area contributed by atoms with Gasteiger partial charge in [0, 0.05) is 31.9 Å². The van der Waals surface area contributed by atoms with E-state index >= 15 is 0 Å². The molecule has 0 fully saturated rings. The number of amides is 1. The second-order valence-electron chi connectivity index (χ2n) is 4.75. The van der Waals surface area contributed by atoms with Gasteiger partial charge in [0.15, 0.2) is 5.75 Å². The van der Waals surface area contributed by atoms with E-state index in [1.54, 1.807) is 31.0 Å². The summed E-state index contributed by atoms with van der Waals surface area (Å²) in [4.78, 5) is 24.3. The Labute approximate surface area is 127 Å². The summed E-state index contributed by atoms with van der Waals surface area (Å²) in [5.74, 6) is -0.192. The van der Waals surface area contributed by atoms with Gasteiger partial charge in [-0.1, -0.05) is 0 Å². The first-order valence-corrected chi connectivity index (χ1v) is 6.48. The highest BCUT2D eigenvalue weighted by molar-refractivity contribution is 5.95. The molecule has 0 aliphatic carbocycles. The Morgan fingerprint density at radius 1 is 1.45 bits per heavy atom. The quantitative estimate of drug-likeness (QED) is 0.618. The Balaban J connectivity index is 2.23. The molecule has 0 unspecified atom stereocenters. The van der Waals surface area contributed by atoms with Crippen LogP contribution in [0, 0.1) is 10.1 Å². The third-order valence-corrected chi connectivity index (χ3v) is 3.29. The molecule has 0 aliphatic rings. The molecule has 0 radical (unpaired) electrons. The molecule has 1 aromatic carbocycles. The minimum atomic E-state index is -0.573. The van der Waals surface area contributed by atoms with Crippen LogP contribution in [0.2, 0.25) is 0 Å². The van der Waals surface area contributed by atoms with Crippen LogP contribution in [-0.2, 0) is 13.6 Å². The predicted molar refractivity (Wildman–Crippen MR) is 78.7 cm³/mol. The average Bonchev–Trinajstić information content (AvgIpc) is 2.90. The van der Waals surface area contributed by atoms with Gasteiger partial charge in [0.2, 0.25) is 0 Å². The third kappa shape index (κ3) is 3.05. The number of carbonyl (C=O) groups excluding carboxylic acids is 1. The second-order valence-corrected chi connectivity index (χ2v) is 4.75. The number of aromatic nitrogens is 2. The Kier molecular flexibility index (Phi) is 4.40. The molecule has 0 N–H and O–H groups in total. The SMILES string of the molecule is COc1ccc(C(=O)N(C)Cc2ccnn2C)cc1[N+](=O)[O-]. The van der Waals surface area contributed by atoms with Crippen molar-refractivity contribution in [3.63, 3.8) is 0 Å². The fourth-order valence-corrected chi connectivity index (χ4v) is 2.06. The first-order chi connectivity index (χ1) is 10.4. The number of ether oxygens (including phenoxy) is 1. The molecule has 0 bridgehead atoms. The molecule has 0 saturated carbocycles. The number of methoxy groups -OCH3 is 1. The van der Waals surface area contributed by atoms with E-state index in [0.717, 1.165) is 5.69 Å². The Hall–Kier alpha value is -2.90. The van der Waals surface area contributed by atoms with Crippen LogP contribution in [0.15, 0.2) is 30.5 Å². The topological polar surface area (TPSA) is 90.5 Å². The van der Waals surface area contributed by atoms with E-state index in [-0.39, 0.29) is 22.9 Å². The highest BCUT2D eigenvalue weighted by atomic mass is 16.6. The van der Waals surface area contributed by atoms with Gasteiger partial charge < -0.3 is 9.64 Å². The normalized spacial score (nSPS) is 10.3. The van der Waals surface area contributed by atoms with E-state index in [1.807, 2.05) is 0 Å². The molecule has 8 heteroatoms. The highest BCUT2D eigenvalue weighted by Gasteiger charge is 2.20. The summed E-state index contributed by atoms with van der Waals surface area (Å²) in [5, 5.41) is 15.0. The fraction of sp³-hybridized carbons (Fsp3) is 0.286. The maximum Gasteiger partial charge on any atom is 0.311 e. The van der Waals surface area contributed by atoms with E-state index in [2.05, 4.69) is 5.10 Å². The Morgan fingerprint density at radius 3 is 2.73 bits per heavy atom. The number of aryl methyl sites for hydroxylation is 1. The van der Waals surface area contributed by atoms with E-state index in [4.69, 9.17) is 4.74 Å². The molecule has 0 spiro atoms. The van der Waals surface area contributed by atoms with Crippen molar-refractivity contribution in [2.45, 2.75) is 6.54 Å². The van der Waals surface area contributed by atoms with Gasteiger partial charge in [-0.3, -0.25) is 19.6 Å². The lowest BCUT2D eigenvalue weighted by Crippen LogP contribution is -2.27. The lowest BCUT2D eigenvalue weighted by atomic mass is 10.1. The molecule has 1 aromatic heterocycles. The lowest BCUT2D eigenvalue weighted by Gasteiger charge is -2.17. The zero-order valence-electron chi connectivity index (χ0n) is 12.5. The molecule has 116 valence electrons. The Morgan fingerprint density at radius 2 is 2.18 bits per heavy atom. The maximum absolute atomic E-state index is 12.4. The van der Waals surface area contributed by atoms with Crippen molar-refractivity contribution in [1.29, 1.82) is 0 Å². The summed E-state index contributed by atoms with van der Waals surface area (Å²) in [6.45, 7) is 0.356. The molecule has 2 rings (SSSR count). The number of hydrogen-bond acceptors (Lipinski definition) is 5. The molecular weight excluding hydrogens is 288 g/mol. The van der Waals surface area contributed by atoms with Crippen LogP contribution in [0.1, 0.15) is 16.1 Å². The summed E-state index contributed by atoms with van der Waals surface area (Å²) < 4.78 is 6.59. The maximum atomic E-state index is 12.4. The van der Waals surface area contributed by atoms with Crippen LogP contribution < -0.4 is 4.74 Å². The van der Waals surface area contributed by atoms with E-state index in [1.165, 1.54) is 30.2 Å². The van der Waals surface area contributed by atoms with Crippen LogP contribution in [0.4, 0.5) is 5.69 Å². The van der Waals surface area contributed by atoms with Gasteiger partial charge in [0.05, 0.1) is 24.3 Å². The van der Waals surface area contributed by atoms with Gasteiger partial charge in [-0.15, -0.1) is 0 Å². The van der Waals surface area contributed by atoms with Gasteiger partial charge in [0.1, 0.15) is 0 Å². The van der Waals surface area contributed by atoms with Crippen molar-refractivity contribution in [2.24, 2.45) is 7.05 Å². The zero-order chi connectivity index (χ0) is 16.3. The van der Waals surface area contributed by atoms with Crippen LogP contribution in [0.25, 0.3) is 0 Å². The Bertz CT molecular complexity index is 711. The van der Waals surface area contributed by atoms with Crippen molar-refractivity contribution in [1.82, 2.24) is 14.7 Å². The summed E-state index contributed by atoms with van der Waals surface area (Å²) in [5.41, 5.74) is 0.860. The highest BCUT2D eigenvalue weighted by Crippen LogP contribution is 2.28. The van der Waals surface area contributed by atoms with Crippen LogP contribution in [-0.4, -0.2) is 39.7 Å². The van der Waals surface area contributed by atoms with Crippen molar-refractivity contribution in [2.75, 3.05) is 14.2 Å². The van der Waals surface area contributed by atoms with Crippen LogP contribution in [0.5, 0.6) is 5.75 Å². The van der Waals surface area contributed by atoms with Crippen molar-refractivity contribution < 1.29 is 14.5 Å². The first kappa shape index (κ1) is 15.5. The van der Waals surface area contributed by atoms with Crippen molar-refractivity contribution >= 4 is 11.6 Å². The number of carbonyl (C=O) groups is 1. The van der Waals surface area contributed by atoms with Crippen molar-refractivity contribution in [3.05, 3.63) is 51.8 Å². The monoisotopic (exact) mass is 304 g/mol. The van der Waals surface area contributed by atoms with Crippen LogP contribution in [0.3, 0.4) is 0 Å². The predicted octanol–water partition coefficient (Wildman–Crippen LogP) is 1.61. The summed E-state index contributed by atoms with van der Waals surface area (Å²) in [7, 11) is 4.76. The van der Waals surface area contributed by atoms with E-state index < -0.39 is 4.92 Å². The van der Waals surface area contributed by atoms with E-state index in [0.29, 0.717) is 6.54 Å². The molecule has 0 saturated heterocycles. The molecule has 1 heterocycles. The summed E-state index contributed by atoms with van der Waals surface area (Å²) >= 11 is 0. The largest absolute Gasteiger partial charge is 0.490 e. The van der Waals surface area contributed by atoms with Gasteiger partial charge in [-0.25, -0.2) is 0 Å². The van der Waals surface area contributed by atoms with Gasteiger partial charge in [0.25, 0.3) is 5.91 Å². The molecule has 0 aliphatic heterocycles. The van der Waals surface area contributed by atoms with Crippen molar-refractivity contribution in [3.8, 4) is 5.75 Å². The third-order valence-electron chi connectivity index (χ3n) is 3.29.